The summed E-state index contributed by atoms with van der Waals surface area (Å²) in [5.74, 6) is -1.37. The minimum atomic E-state index is -0.959. The molecule has 0 unspecified atom stereocenters. The van der Waals surface area contributed by atoms with Crippen molar-refractivity contribution in [2.75, 3.05) is 0 Å². The molecule has 0 aliphatic rings. The van der Waals surface area contributed by atoms with Crippen molar-refractivity contribution in [2.45, 2.75) is 0 Å². The van der Waals surface area contributed by atoms with Crippen LogP contribution in [0.1, 0.15) is 15.9 Å². The Morgan fingerprint density at radius 2 is 1.92 bits per heavy atom. The standard InChI is InChI=1S/C14H9BrN4O6/c15-10-3-1-2-8(4-10)14(21)17-16-7-9-5-11(18(22)23)6-12(13(9)20)19(24)25/h1-7,20H,(H,17,21)/b16-7-. The van der Waals surface area contributed by atoms with Gasteiger partial charge in [-0.05, 0) is 18.2 Å². The molecule has 0 bridgehead atoms. The highest BCUT2D eigenvalue weighted by Crippen LogP contribution is 2.33. The summed E-state index contributed by atoms with van der Waals surface area (Å²) in [5, 5.41) is 35.0. The fourth-order valence-electron chi connectivity index (χ4n) is 1.82. The third-order valence-electron chi connectivity index (χ3n) is 2.97. The average molecular weight is 409 g/mol. The van der Waals surface area contributed by atoms with Crippen molar-refractivity contribution in [3.8, 4) is 5.75 Å². The van der Waals surface area contributed by atoms with E-state index in [1.165, 1.54) is 6.07 Å². The number of carbonyl (C=O) groups excluding carboxylic acids is 1. The van der Waals surface area contributed by atoms with Crippen LogP contribution in [0.2, 0.25) is 0 Å². The second-order valence-corrected chi connectivity index (χ2v) is 5.54. The lowest BCUT2D eigenvalue weighted by Crippen LogP contribution is -2.17. The van der Waals surface area contributed by atoms with Crippen molar-refractivity contribution >= 4 is 39.4 Å². The fourth-order valence-corrected chi connectivity index (χ4v) is 2.22. The lowest BCUT2D eigenvalue weighted by Gasteiger charge is -2.02. The quantitative estimate of drug-likeness (QED) is 0.441. The molecule has 2 aromatic carbocycles. The Labute approximate surface area is 148 Å². The van der Waals surface area contributed by atoms with Gasteiger partial charge in [0.15, 0.2) is 0 Å². The number of carbonyl (C=O) groups is 1. The number of hydrogen-bond donors (Lipinski definition) is 2. The second kappa shape index (κ2) is 7.49. The molecular formula is C14H9BrN4O6. The van der Waals surface area contributed by atoms with Gasteiger partial charge in [0.25, 0.3) is 11.6 Å². The van der Waals surface area contributed by atoms with Crippen molar-refractivity contribution in [3.05, 3.63) is 72.2 Å². The first-order chi connectivity index (χ1) is 11.8. The monoisotopic (exact) mass is 408 g/mol. The van der Waals surface area contributed by atoms with Crippen LogP contribution in [0.5, 0.6) is 5.75 Å². The Morgan fingerprint density at radius 1 is 1.20 bits per heavy atom. The molecule has 0 saturated heterocycles. The number of amides is 1. The van der Waals surface area contributed by atoms with E-state index in [1.54, 1.807) is 18.2 Å². The third-order valence-corrected chi connectivity index (χ3v) is 3.46. The van der Waals surface area contributed by atoms with Crippen molar-refractivity contribution in [1.82, 2.24) is 5.43 Å². The molecule has 1 amide bonds. The molecule has 0 fully saturated rings. The number of nitro benzene ring substituents is 2. The van der Waals surface area contributed by atoms with Crippen LogP contribution in [0, 0.1) is 20.2 Å². The zero-order valence-electron chi connectivity index (χ0n) is 12.2. The highest BCUT2D eigenvalue weighted by molar-refractivity contribution is 9.10. The van der Waals surface area contributed by atoms with Crippen LogP contribution in [0.3, 0.4) is 0 Å². The van der Waals surface area contributed by atoms with E-state index < -0.39 is 32.9 Å². The molecule has 128 valence electrons. The predicted octanol–water partition coefficient (Wildman–Crippen LogP) is 2.74. The number of nitro groups is 2. The maximum absolute atomic E-state index is 11.9. The highest BCUT2D eigenvalue weighted by Gasteiger charge is 2.23. The topological polar surface area (TPSA) is 148 Å². The first-order valence-electron chi connectivity index (χ1n) is 6.54. The Morgan fingerprint density at radius 3 is 2.52 bits per heavy atom. The van der Waals surface area contributed by atoms with Gasteiger partial charge in [-0.2, -0.15) is 5.10 Å². The Kier molecular flexibility index (Phi) is 5.39. The second-order valence-electron chi connectivity index (χ2n) is 4.63. The van der Waals surface area contributed by atoms with Crippen molar-refractivity contribution < 1.29 is 19.7 Å². The number of halogens is 1. The summed E-state index contributed by atoms with van der Waals surface area (Å²) < 4.78 is 0.677. The Bertz CT molecular complexity index is 899. The van der Waals surface area contributed by atoms with Crippen molar-refractivity contribution in [2.24, 2.45) is 5.10 Å². The number of benzene rings is 2. The van der Waals surface area contributed by atoms with Gasteiger partial charge in [-0.25, -0.2) is 5.43 Å². The number of phenols is 1. The molecule has 0 aromatic heterocycles. The molecule has 0 aliphatic carbocycles. The zero-order valence-corrected chi connectivity index (χ0v) is 13.8. The minimum Gasteiger partial charge on any atom is -0.502 e. The Hall–Kier alpha value is -3.34. The molecule has 10 nitrogen and oxygen atoms in total. The van der Waals surface area contributed by atoms with E-state index in [2.05, 4.69) is 26.5 Å². The summed E-state index contributed by atoms with van der Waals surface area (Å²) in [4.78, 5) is 31.8. The SMILES string of the molecule is O=C(N/N=C\c1cc([N+](=O)[O-])cc([N+](=O)[O-])c1O)c1cccc(Br)c1. The van der Waals surface area contributed by atoms with E-state index in [-0.39, 0.29) is 5.56 Å². The number of aromatic hydroxyl groups is 1. The minimum absolute atomic E-state index is 0.282. The van der Waals surface area contributed by atoms with Gasteiger partial charge in [0.2, 0.25) is 5.75 Å². The molecule has 2 N–H and O–H groups in total. The maximum atomic E-state index is 11.9. The van der Waals surface area contributed by atoms with E-state index >= 15 is 0 Å². The van der Waals surface area contributed by atoms with E-state index in [1.807, 2.05) is 0 Å². The molecule has 0 saturated carbocycles. The molecule has 25 heavy (non-hydrogen) atoms. The molecule has 11 heteroatoms. The number of nitrogens with zero attached hydrogens (tertiary/aromatic N) is 3. The maximum Gasteiger partial charge on any atom is 0.318 e. The molecular weight excluding hydrogens is 400 g/mol. The Balaban J connectivity index is 2.27. The summed E-state index contributed by atoms with van der Waals surface area (Å²) in [6, 6.07) is 7.97. The van der Waals surface area contributed by atoms with Gasteiger partial charge in [-0.1, -0.05) is 22.0 Å². The van der Waals surface area contributed by atoms with Gasteiger partial charge >= 0.3 is 5.69 Å². The third kappa shape index (κ3) is 4.35. The van der Waals surface area contributed by atoms with E-state index in [9.17, 15) is 30.1 Å². The zero-order chi connectivity index (χ0) is 18.6. The van der Waals surface area contributed by atoms with Gasteiger partial charge in [0.1, 0.15) is 0 Å². The molecule has 0 aliphatic heterocycles. The van der Waals surface area contributed by atoms with Crippen LogP contribution in [0.15, 0.2) is 46.0 Å². The van der Waals surface area contributed by atoms with Crippen LogP contribution < -0.4 is 5.43 Å². The first-order valence-corrected chi connectivity index (χ1v) is 7.33. The van der Waals surface area contributed by atoms with Crippen LogP contribution in [-0.4, -0.2) is 27.1 Å². The van der Waals surface area contributed by atoms with Crippen LogP contribution >= 0.6 is 15.9 Å². The number of hydrazone groups is 1. The number of non-ortho nitro benzene ring substituents is 1. The largest absolute Gasteiger partial charge is 0.502 e. The summed E-state index contributed by atoms with van der Waals surface area (Å²) in [5.41, 5.74) is 0.736. The molecule has 2 aromatic rings. The van der Waals surface area contributed by atoms with Crippen molar-refractivity contribution in [3.63, 3.8) is 0 Å². The van der Waals surface area contributed by atoms with Gasteiger partial charge in [-0.3, -0.25) is 25.0 Å². The van der Waals surface area contributed by atoms with Crippen molar-refractivity contribution in [1.29, 1.82) is 0 Å². The molecule has 0 radical (unpaired) electrons. The van der Waals surface area contributed by atoms with Gasteiger partial charge < -0.3 is 5.11 Å². The number of rotatable bonds is 5. The molecule has 0 spiro atoms. The van der Waals surface area contributed by atoms with E-state index in [0.29, 0.717) is 16.1 Å². The average Bonchev–Trinajstić information content (AvgIpc) is 2.55. The number of phenolic OH excluding ortho intramolecular Hbond substituents is 1. The molecule has 0 atom stereocenters. The smallest absolute Gasteiger partial charge is 0.318 e. The van der Waals surface area contributed by atoms with Gasteiger partial charge in [0.05, 0.1) is 27.7 Å². The van der Waals surface area contributed by atoms with E-state index in [0.717, 1.165) is 12.3 Å². The van der Waals surface area contributed by atoms with Gasteiger partial charge in [0, 0.05) is 16.1 Å². The lowest BCUT2D eigenvalue weighted by molar-refractivity contribution is -0.394. The van der Waals surface area contributed by atoms with Crippen LogP contribution in [0.25, 0.3) is 0 Å². The summed E-state index contributed by atoms with van der Waals surface area (Å²) in [6.45, 7) is 0. The van der Waals surface area contributed by atoms with Crippen LogP contribution in [0.4, 0.5) is 11.4 Å². The summed E-state index contributed by atoms with van der Waals surface area (Å²) in [6.07, 6.45) is 0.880. The predicted molar refractivity (Wildman–Crippen MR) is 90.6 cm³/mol. The van der Waals surface area contributed by atoms with Crippen LogP contribution in [-0.2, 0) is 0 Å². The van der Waals surface area contributed by atoms with Gasteiger partial charge in [-0.15, -0.1) is 0 Å². The first kappa shape index (κ1) is 18.0. The molecule has 0 heterocycles. The highest BCUT2D eigenvalue weighted by atomic mass is 79.9. The fraction of sp³-hybridized carbons (Fsp3) is 0. The van der Waals surface area contributed by atoms with E-state index in [4.69, 9.17) is 0 Å². The summed E-state index contributed by atoms with van der Waals surface area (Å²) in [7, 11) is 0. The normalized spacial score (nSPS) is 10.6. The molecule has 2 rings (SSSR count). The lowest BCUT2D eigenvalue weighted by atomic mass is 10.1. The number of hydrogen-bond acceptors (Lipinski definition) is 7. The summed E-state index contributed by atoms with van der Waals surface area (Å²) >= 11 is 3.21. The number of nitrogens with one attached hydrogen (secondary N) is 1.